The normalized spacial score (nSPS) is 17.1. The first kappa shape index (κ1) is 18.3. The molecule has 1 aromatic carbocycles. The van der Waals surface area contributed by atoms with Crippen LogP contribution in [0.1, 0.15) is 57.9 Å². The molecule has 0 saturated carbocycles. The number of benzene rings is 1. The van der Waals surface area contributed by atoms with Crippen molar-refractivity contribution in [3.05, 3.63) is 30.1 Å². The first-order chi connectivity index (χ1) is 12.7. The van der Waals surface area contributed by atoms with Gasteiger partial charge < -0.3 is 5.32 Å². The van der Waals surface area contributed by atoms with Gasteiger partial charge in [-0.2, -0.15) is 5.10 Å². The lowest BCUT2D eigenvalue weighted by molar-refractivity contribution is -0.121. The van der Waals surface area contributed by atoms with Crippen molar-refractivity contribution in [2.75, 3.05) is 11.9 Å². The summed E-state index contributed by atoms with van der Waals surface area (Å²) >= 11 is 0. The summed E-state index contributed by atoms with van der Waals surface area (Å²) in [5, 5.41) is 8.69. The van der Waals surface area contributed by atoms with Gasteiger partial charge in [0.05, 0.1) is 11.2 Å². The quantitative estimate of drug-likeness (QED) is 0.706. The van der Waals surface area contributed by atoms with Gasteiger partial charge in [0.15, 0.2) is 0 Å². The molecule has 1 aliphatic heterocycles. The third-order valence-electron chi connectivity index (χ3n) is 4.76. The van der Waals surface area contributed by atoms with Crippen LogP contribution in [0.5, 0.6) is 0 Å². The van der Waals surface area contributed by atoms with E-state index < -0.39 is 0 Å². The maximum absolute atomic E-state index is 11.4. The Morgan fingerprint density at radius 3 is 2.85 bits per heavy atom. The number of anilines is 1. The maximum Gasteiger partial charge on any atom is 0.240 e. The van der Waals surface area contributed by atoms with E-state index in [-0.39, 0.29) is 11.8 Å². The summed E-state index contributed by atoms with van der Waals surface area (Å²) in [6.07, 6.45) is 8.32. The first-order valence-electron chi connectivity index (χ1n) is 9.54. The van der Waals surface area contributed by atoms with Crippen LogP contribution in [0.15, 0.2) is 29.6 Å². The number of fused-ring (bicyclic) bond motifs is 1. The van der Waals surface area contributed by atoms with E-state index in [2.05, 4.69) is 32.7 Å². The second-order valence-electron chi connectivity index (χ2n) is 6.93. The molecule has 0 spiro atoms. The van der Waals surface area contributed by atoms with Crippen molar-refractivity contribution in [2.45, 2.75) is 52.4 Å². The lowest BCUT2D eigenvalue weighted by Crippen LogP contribution is -2.31. The number of rotatable bonds is 8. The van der Waals surface area contributed by atoms with E-state index in [4.69, 9.17) is 0 Å². The summed E-state index contributed by atoms with van der Waals surface area (Å²) in [6, 6.07) is 6.09. The molecule has 2 aromatic rings. The molecule has 26 heavy (non-hydrogen) atoms. The van der Waals surface area contributed by atoms with E-state index in [0.29, 0.717) is 6.42 Å². The highest BCUT2D eigenvalue weighted by atomic mass is 16.2. The fraction of sp³-hybridized carbons (Fsp3) is 0.500. The molecule has 1 unspecified atom stereocenters. The number of hydrazone groups is 1. The summed E-state index contributed by atoms with van der Waals surface area (Å²) in [6.45, 7) is 5.17. The summed E-state index contributed by atoms with van der Waals surface area (Å²) < 4.78 is 0. The zero-order valence-electron chi connectivity index (χ0n) is 15.6. The fourth-order valence-electron chi connectivity index (χ4n) is 3.29. The predicted molar refractivity (Wildman–Crippen MR) is 105 cm³/mol. The topological polar surface area (TPSA) is 79.3 Å². The van der Waals surface area contributed by atoms with Gasteiger partial charge in [0.25, 0.3) is 0 Å². The van der Waals surface area contributed by atoms with Gasteiger partial charge in [-0.25, -0.2) is 15.4 Å². The Hall–Kier alpha value is -2.50. The van der Waals surface area contributed by atoms with Crippen LogP contribution in [0.2, 0.25) is 0 Å². The molecule has 6 nitrogen and oxygen atoms in total. The van der Waals surface area contributed by atoms with Crippen molar-refractivity contribution in [1.82, 2.24) is 15.4 Å². The minimum absolute atomic E-state index is 0.0326. The van der Waals surface area contributed by atoms with Crippen LogP contribution in [0.3, 0.4) is 0 Å². The monoisotopic (exact) mass is 353 g/mol. The van der Waals surface area contributed by atoms with Gasteiger partial charge in [-0.1, -0.05) is 45.6 Å². The number of unbranched alkanes of at least 4 members (excludes halogenated alkanes) is 4. The summed E-state index contributed by atoms with van der Waals surface area (Å²) in [5.74, 6) is 0.947. The Balaban J connectivity index is 1.72. The Morgan fingerprint density at radius 2 is 2.04 bits per heavy atom. The second kappa shape index (κ2) is 8.74. The minimum Gasteiger partial charge on any atom is -0.369 e. The average Bonchev–Trinajstić information content (AvgIpc) is 2.64. The number of carbonyl (C=O) groups excluding carboxylic acids is 1. The standard InChI is InChI=1S/C20H27N5O/c1-3-4-5-6-7-10-21-20-16-9-8-15(12-17(16)22-13-23-20)19-14(2)11-18(26)24-25-19/h8-9,12-14H,3-7,10-11H2,1-2H3,(H,24,26)(H,21,22,23). The van der Waals surface area contributed by atoms with Gasteiger partial charge in [0.1, 0.15) is 12.1 Å². The lowest BCUT2D eigenvalue weighted by Gasteiger charge is -2.19. The van der Waals surface area contributed by atoms with E-state index in [9.17, 15) is 4.79 Å². The zero-order valence-corrected chi connectivity index (χ0v) is 15.6. The minimum atomic E-state index is -0.0326. The van der Waals surface area contributed by atoms with Gasteiger partial charge in [-0.3, -0.25) is 4.79 Å². The van der Waals surface area contributed by atoms with Crippen LogP contribution in [0.25, 0.3) is 10.9 Å². The van der Waals surface area contributed by atoms with Gasteiger partial charge in [0.2, 0.25) is 5.91 Å². The van der Waals surface area contributed by atoms with E-state index in [0.717, 1.165) is 41.0 Å². The molecule has 1 atom stereocenters. The third kappa shape index (κ3) is 4.36. The van der Waals surface area contributed by atoms with Crippen LogP contribution >= 0.6 is 0 Å². The summed E-state index contributed by atoms with van der Waals surface area (Å²) in [4.78, 5) is 20.3. The van der Waals surface area contributed by atoms with Crippen LogP contribution < -0.4 is 10.7 Å². The molecule has 6 heteroatoms. The average molecular weight is 353 g/mol. The number of hydrogen-bond donors (Lipinski definition) is 2. The highest BCUT2D eigenvalue weighted by Crippen LogP contribution is 2.23. The highest BCUT2D eigenvalue weighted by Gasteiger charge is 2.22. The number of nitrogens with zero attached hydrogens (tertiary/aromatic N) is 3. The first-order valence-corrected chi connectivity index (χ1v) is 9.54. The number of nitrogens with one attached hydrogen (secondary N) is 2. The molecule has 2 N–H and O–H groups in total. The second-order valence-corrected chi connectivity index (χ2v) is 6.93. The number of carbonyl (C=O) groups is 1. The van der Waals surface area contributed by atoms with E-state index >= 15 is 0 Å². The Morgan fingerprint density at radius 1 is 1.19 bits per heavy atom. The van der Waals surface area contributed by atoms with Crippen LogP contribution in [0.4, 0.5) is 5.82 Å². The van der Waals surface area contributed by atoms with E-state index in [1.807, 2.05) is 25.1 Å². The number of amides is 1. The Kier molecular flexibility index (Phi) is 6.15. The third-order valence-corrected chi connectivity index (χ3v) is 4.76. The molecular formula is C20H27N5O. The maximum atomic E-state index is 11.4. The van der Waals surface area contributed by atoms with Gasteiger partial charge in [-0.05, 0) is 18.6 Å². The SMILES string of the molecule is CCCCCCCNc1ncnc2cc(C3=NNC(=O)CC3C)ccc12. The lowest BCUT2D eigenvalue weighted by atomic mass is 9.93. The van der Waals surface area contributed by atoms with Crippen molar-refractivity contribution in [3.8, 4) is 0 Å². The van der Waals surface area contributed by atoms with E-state index in [1.165, 1.54) is 25.7 Å². The van der Waals surface area contributed by atoms with Gasteiger partial charge in [-0.15, -0.1) is 0 Å². The molecular weight excluding hydrogens is 326 g/mol. The van der Waals surface area contributed by atoms with E-state index in [1.54, 1.807) is 6.33 Å². The molecule has 0 bridgehead atoms. The van der Waals surface area contributed by atoms with Crippen molar-refractivity contribution in [2.24, 2.45) is 11.0 Å². The molecule has 0 aliphatic carbocycles. The largest absolute Gasteiger partial charge is 0.369 e. The smallest absolute Gasteiger partial charge is 0.240 e. The molecule has 0 fully saturated rings. The molecule has 1 aromatic heterocycles. The Labute approximate surface area is 154 Å². The molecule has 0 saturated heterocycles. The van der Waals surface area contributed by atoms with Crippen molar-refractivity contribution in [3.63, 3.8) is 0 Å². The highest BCUT2D eigenvalue weighted by molar-refractivity contribution is 6.07. The van der Waals surface area contributed by atoms with Crippen LogP contribution in [-0.2, 0) is 4.79 Å². The molecule has 1 aliphatic rings. The predicted octanol–water partition coefficient (Wildman–Crippen LogP) is 3.87. The van der Waals surface area contributed by atoms with Gasteiger partial charge >= 0.3 is 0 Å². The number of aromatic nitrogens is 2. The number of hydrogen-bond acceptors (Lipinski definition) is 5. The van der Waals surface area contributed by atoms with Crippen molar-refractivity contribution >= 4 is 28.3 Å². The van der Waals surface area contributed by atoms with Crippen LogP contribution in [0, 0.1) is 5.92 Å². The molecule has 2 heterocycles. The molecule has 138 valence electrons. The molecule has 3 rings (SSSR count). The Bertz CT molecular complexity index is 802. The van der Waals surface area contributed by atoms with Crippen molar-refractivity contribution < 1.29 is 4.79 Å². The molecule has 1 amide bonds. The summed E-state index contributed by atoms with van der Waals surface area (Å²) in [5.41, 5.74) is 5.35. The molecule has 0 radical (unpaired) electrons. The summed E-state index contributed by atoms with van der Waals surface area (Å²) in [7, 11) is 0. The zero-order chi connectivity index (χ0) is 18.4. The fourth-order valence-corrected chi connectivity index (χ4v) is 3.29. The van der Waals surface area contributed by atoms with Gasteiger partial charge in [0, 0.05) is 29.8 Å². The van der Waals surface area contributed by atoms with Crippen LogP contribution in [-0.4, -0.2) is 28.1 Å². The van der Waals surface area contributed by atoms with Crippen molar-refractivity contribution in [1.29, 1.82) is 0 Å².